The van der Waals surface area contributed by atoms with Gasteiger partial charge >= 0.3 is 0 Å². The first-order chi connectivity index (χ1) is 6.75. The molecule has 1 aromatic carbocycles. The quantitative estimate of drug-likeness (QED) is 0.643. The normalized spacial score (nSPS) is 18.4. The van der Waals surface area contributed by atoms with Gasteiger partial charge in [0.05, 0.1) is 0 Å². The molecule has 14 heavy (non-hydrogen) atoms. The van der Waals surface area contributed by atoms with Crippen molar-refractivity contribution in [2.45, 2.75) is 32.6 Å². The van der Waals surface area contributed by atoms with Crippen LogP contribution in [0.25, 0.3) is 0 Å². The van der Waals surface area contributed by atoms with Crippen molar-refractivity contribution in [3.63, 3.8) is 0 Å². The molecule has 1 aliphatic heterocycles. The standard InChI is InChI=1S/C13H18N/c1-10-7-11(2)9-13(8-10)12-3-5-14-6-4-12/h7-9,12H,3-6H2,1-2H3. The molecule has 1 heteroatoms. The van der Waals surface area contributed by atoms with Gasteiger partial charge in [0.15, 0.2) is 0 Å². The molecule has 1 heterocycles. The van der Waals surface area contributed by atoms with E-state index in [2.05, 4.69) is 37.4 Å². The van der Waals surface area contributed by atoms with Crippen molar-refractivity contribution in [2.24, 2.45) is 0 Å². The molecule has 0 bridgehead atoms. The van der Waals surface area contributed by atoms with Crippen LogP contribution in [0.5, 0.6) is 0 Å². The summed E-state index contributed by atoms with van der Waals surface area (Å²) in [6.45, 7) is 6.47. The van der Waals surface area contributed by atoms with Gasteiger partial charge < -0.3 is 0 Å². The molecule has 1 nitrogen and oxygen atoms in total. The maximum Gasteiger partial charge on any atom is 0.0139 e. The van der Waals surface area contributed by atoms with E-state index in [1.54, 1.807) is 0 Å². The second kappa shape index (κ2) is 4.14. The third-order valence-electron chi connectivity index (χ3n) is 2.99. The van der Waals surface area contributed by atoms with E-state index in [1.807, 2.05) is 0 Å². The summed E-state index contributed by atoms with van der Waals surface area (Å²) < 4.78 is 0. The van der Waals surface area contributed by atoms with Gasteiger partial charge in [-0.2, -0.15) is 0 Å². The van der Waals surface area contributed by atoms with Gasteiger partial charge in [0.2, 0.25) is 0 Å². The Morgan fingerprint density at radius 3 is 2.14 bits per heavy atom. The van der Waals surface area contributed by atoms with E-state index in [1.165, 1.54) is 29.5 Å². The Labute approximate surface area is 86.5 Å². The molecule has 0 unspecified atom stereocenters. The summed E-state index contributed by atoms with van der Waals surface area (Å²) in [6, 6.07) is 6.92. The Morgan fingerprint density at radius 1 is 1.00 bits per heavy atom. The summed E-state index contributed by atoms with van der Waals surface area (Å²) in [7, 11) is 0. The third-order valence-corrected chi connectivity index (χ3v) is 2.99. The Hall–Kier alpha value is -0.820. The van der Waals surface area contributed by atoms with Crippen molar-refractivity contribution in [1.82, 2.24) is 5.32 Å². The van der Waals surface area contributed by atoms with Crippen LogP contribution in [0, 0.1) is 13.8 Å². The fourth-order valence-electron chi connectivity index (χ4n) is 2.33. The monoisotopic (exact) mass is 188 g/mol. The summed E-state index contributed by atoms with van der Waals surface area (Å²) >= 11 is 0. The fourth-order valence-corrected chi connectivity index (χ4v) is 2.33. The van der Waals surface area contributed by atoms with Gasteiger partial charge in [-0.15, -0.1) is 0 Å². The highest BCUT2D eigenvalue weighted by molar-refractivity contribution is 5.31. The maximum atomic E-state index is 4.40. The first kappa shape index (κ1) is 9.72. The first-order valence-corrected chi connectivity index (χ1v) is 5.47. The number of hydrogen-bond donors (Lipinski definition) is 0. The molecule has 0 spiro atoms. The predicted octanol–water partition coefficient (Wildman–Crippen LogP) is 2.79. The van der Waals surface area contributed by atoms with Crippen LogP contribution >= 0.6 is 0 Å². The number of hydrogen-bond acceptors (Lipinski definition) is 0. The lowest BCUT2D eigenvalue weighted by Gasteiger charge is -2.22. The summed E-state index contributed by atoms with van der Waals surface area (Å²) in [6.07, 6.45) is 2.48. The lowest BCUT2D eigenvalue weighted by Crippen LogP contribution is -2.21. The number of aryl methyl sites for hydroxylation is 2. The van der Waals surface area contributed by atoms with E-state index in [0.29, 0.717) is 0 Å². The molecule has 1 fully saturated rings. The summed E-state index contributed by atoms with van der Waals surface area (Å²) in [5.74, 6) is 0.756. The van der Waals surface area contributed by atoms with E-state index in [-0.39, 0.29) is 0 Å². The maximum absolute atomic E-state index is 4.40. The van der Waals surface area contributed by atoms with Crippen molar-refractivity contribution in [2.75, 3.05) is 13.1 Å². The Morgan fingerprint density at radius 2 is 1.57 bits per heavy atom. The van der Waals surface area contributed by atoms with Gasteiger partial charge in [0, 0.05) is 13.1 Å². The van der Waals surface area contributed by atoms with Gasteiger partial charge in [0.1, 0.15) is 0 Å². The van der Waals surface area contributed by atoms with E-state index in [0.717, 1.165) is 19.0 Å². The lowest BCUT2D eigenvalue weighted by molar-refractivity contribution is 0.453. The highest BCUT2D eigenvalue weighted by Gasteiger charge is 2.15. The Balaban J connectivity index is 2.21. The predicted molar refractivity (Wildman–Crippen MR) is 59.8 cm³/mol. The van der Waals surface area contributed by atoms with Crippen LogP contribution in [0.1, 0.15) is 35.4 Å². The highest BCUT2D eigenvalue weighted by Crippen LogP contribution is 2.26. The zero-order valence-electron chi connectivity index (χ0n) is 9.09. The molecular formula is C13H18N. The van der Waals surface area contributed by atoms with Crippen LogP contribution in [0.3, 0.4) is 0 Å². The van der Waals surface area contributed by atoms with Crippen molar-refractivity contribution in [1.29, 1.82) is 0 Å². The van der Waals surface area contributed by atoms with Gasteiger partial charge in [-0.25, -0.2) is 5.32 Å². The average molecular weight is 188 g/mol. The lowest BCUT2D eigenvalue weighted by atomic mass is 9.88. The number of rotatable bonds is 1. The molecule has 0 N–H and O–H groups in total. The summed E-state index contributed by atoms with van der Waals surface area (Å²) in [5, 5.41) is 4.40. The molecule has 0 saturated carbocycles. The minimum absolute atomic E-state index is 0.756. The van der Waals surface area contributed by atoms with Crippen LogP contribution < -0.4 is 5.32 Å². The number of nitrogens with zero attached hydrogens (tertiary/aromatic N) is 1. The molecule has 1 aliphatic rings. The van der Waals surface area contributed by atoms with Crippen LogP contribution in [0.4, 0.5) is 0 Å². The molecule has 1 aromatic rings. The van der Waals surface area contributed by atoms with Crippen LogP contribution in [0.2, 0.25) is 0 Å². The minimum atomic E-state index is 0.756. The molecule has 0 aliphatic carbocycles. The van der Waals surface area contributed by atoms with E-state index < -0.39 is 0 Å². The highest BCUT2D eigenvalue weighted by atomic mass is 14.9. The summed E-state index contributed by atoms with van der Waals surface area (Å²) in [4.78, 5) is 0. The number of benzene rings is 1. The van der Waals surface area contributed by atoms with Gasteiger partial charge in [-0.05, 0) is 38.2 Å². The Kier molecular flexibility index (Phi) is 2.87. The SMILES string of the molecule is Cc1cc(C)cc(C2CC[N]CC2)c1. The molecule has 0 atom stereocenters. The number of piperidine rings is 1. The van der Waals surface area contributed by atoms with Crippen molar-refractivity contribution < 1.29 is 0 Å². The fraction of sp³-hybridized carbons (Fsp3) is 0.538. The summed E-state index contributed by atoms with van der Waals surface area (Å²) in [5.41, 5.74) is 4.31. The van der Waals surface area contributed by atoms with Gasteiger partial charge in [-0.3, -0.25) is 0 Å². The van der Waals surface area contributed by atoms with E-state index >= 15 is 0 Å². The minimum Gasteiger partial charge on any atom is -0.242 e. The second-order valence-corrected chi connectivity index (χ2v) is 4.37. The molecule has 0 amide bonds. The molecule has 0 aromatic heterocycles. The zero-order valence-corrected chi connectivity index (χ0v) is 9.09. The molecule has 2 rings (SSSR count). The Bertz CT molecular complexity index is 291. The topological polar surface area (TPSA) is 14.1 Å². The first-order valence-electron chi connectivity index (χ1n) is 5.47. The molecule has 1 radical (unpaired) electrons. The molecular weight excluding hydrogens is 170 g/mol. The van der Waals surface area contributed by atoms with Crippen LogP contribution in [0.15, 0.2) is 18.2 Å². The van der Waals surface area contributed by atoms with Gasteiger partial charge in [0.25, 0.3) is 0 Å². The largest absolute Gasteiger partial charge is 0.242 e. The van der Waals surface area contributed by atoms with Crippen molar-refractivity contribution >= 4 is 0 Å². The average Bonchev–Trinajstić information content (AvgIpc) is 2.18. The molecule has 1 saturated heterocycles. The van der Waals surface area contributed by atoms with Crippen molar-refractivity contribution in [3.05, 3.63) is 34.9 Å². The zero-order chi connectivity index (χ0) is 9.97. The smallest absolute Gasteiger partial charge is 0.0139 e. The van der Waals surface area contributed by atoms with E-state index in [9.17, 15) is 0 Å². The second-order valence-electron chi connectivity index (χ2n) is 4.37. The van der Waals surface area contributed by atoms with Crippen molar-refractivity contribution in [3.8, 4) is 0 Å². The van der Waals surface area contributed by atoms with Crippen LogP contribution in [-0.2, 0) is 0 Å². The van der Waals surface area contributed by atoms with Crippen LogP contribution in [-0.4, -0.2) is 13.1 Å². The van der Waals surface area contributed by atoms with E-state index in [4.69, 9.17) is 0 Å². The third kappa shape index (κ3) is 2.16. The molecule has 75 valence electrons. The van der Waals surface area contributed by atoms with Gasteiger partial charge in [-0.1, -0.05) is 29.3 Å².